The van der Waals surface area contributed by atoms with E-state index in [2.05, 4.69) is 32.2 Å². The van der Waals surface area contributed by atoms with Gasteiger partial charge in [-0.05, 0) is 29.2 Å². The van der Waals surface area contributed by atoms with E-state index in [4.69, 9.17) is 23.2 Å². The molecule has 0 amide bonds. The summed E-state index contributed by atoms with van der Waals surface area (Å²) >= 11 is 11.9. The molecule has 2 nitrogen and oxygen atoms in total. The quantitative estimate of drug-likeness (QED) is 0.769. The summed E-state index contributed by atoms with van der Waals surface area (Å²) in [6.45, 7) is 6.96. The molecule has 0 spiro atoms. The lowest BCUT2D eigenvalue weighted by molar-refractivity contribution is 0.469. The van der Waals surface area contributed by atoms with Gasteiger partial charge < -0.3 is 10.4 Å². The second-order valence-electron chi connectivity index (χ2n) is 6.04. The van der Waals surface area contributed by atoms with Gasteiger partial charge in [-0.25, -0.2) is 0 Å². The maximum atomic E-state index is 10.00. The van der Waals surface area contributed by atoms with Crippen LogP contribution in [0, 0.1) is 0 Å². The first kappa shape index (κ1) is 16.0. The number of rotatable bonds is 3. The van der Waals surface area contributed by atoms with Crippen molar-refractivity contribution in [3.63, 3.8) is 0 Å². The van der Waals surface area contributed by atoms with Crippen molar-refractivity contribution in [1.29, 1.82) is 0 Å². The van der Waals surface area contributed by atoms with Crippen molar-refractivity contribution in [2.45, 2.75) is 32.7 Å². The van der Waals surface area contributed by atoms with E-state index >= 15 is 0 Å². The van der Waals surface area contributed by atoms with Gasteiger partial charge in [0.15, 0.2) is 0 Å². The van der Waals surface area contributed by atoms with Gasteiger partial charge in [0.05, 0.1) is 5.02 Å². The number of phenols is 1. The lowest BCUT2D eigenvalue weighted by Crippen LogP contribution is -2.14. The summed E-state index contributed by atoms with van der Waals surface area (Å²) in [6.07, 6.45) is 0. The van der Waals surface area contributed by atoms with E-state index in [-0.39, 0.29) is 16.2 Å². The average Bonchev–Trinajstić information content (AvgIpc) is 2.40. The number of halogens is 2. The Bertz CT molecular complexity index is 648. The predicted octanol–water partition coefficient (Wildman–Crippen LogP) is 5.61. The zero-order valence-corrected chi connectivity index (χ0v) is 13.9. The second kappa shape index (κ2) is 6.17. The number of anilines is 1. The van der Waals surface area contributed by atoms with Gasteiger partial charge in [-0.2, -0.15) is 0 Å². The fraction of sp³-hybridized carbons (Fsp3) is 0.294. The van der Waals surface area contributed by atoms with Crippen molar-refractivity contribution in [2.75, 3.05) is 5.32 Å². The first-order valence-electron chi connectivity index (χ1n) is 6.79. The van der Waals surface area contributed by atoms with Gasteiger partial charge in [0.1, 0.15) is 5.75 Å². The Kier molecular flexibility index (Phi) is 4.70. The standard InChI is InChI=1S/C17H19Cl2NO/c1-17(2,3)13-6-4-5-7-15(13)20-10-11-8-12(18)9-14(19)16(11)21/h4-9,20-21H,10H2,1-3H3. The molecule has 4 heteroatoms. The molecule has 0 radical (unpaired) electrons. The first-order chi connectivity index (χ1) is 9.79. The molecule has 0 saturated carbocycles. The minimum absolute atomic E-state index is 0.0393. The lowest BCUT2D eigenvalue weighted by atomic mass is 9.86. The van der Waals surface area contributed by atoms with Crippen molar-refractivity contribution in [3.05, 3.63) is 57.6 Å². The topological polar surface area (TPSA) is 32.3 Å². The van der Waals surface area contributed by atoms with Crippen LogP contribution in [0.4, 0.5) is 5.69 Å². The van der Waals surface area contributed by atoms with E-state index in [1.54, 1.807) is 6.07 Å². The van der Waals surface area contributed by atoms with Crippen LogP contribution < -0.4 is 5.32 Å². The van der Waals surface area contributed by atoms with Crippen LogP contribution in [0.3, 0.4) is 0 Å². The molecule has 0 aliphatic heterocycles. The Balaban J connectivity index is 2.26. The molecule has 2 rings (SSSR count). The normalized spacial score (nSPS) is 11.5. The smallest absolute Gasteiger partial charge is 0.139 e. The van der Waals surface area contributed by atoms with E-state index < -0.39 is 0 Å². The number of benzene rings is 2. The van der Waals surface area contributed by atoms with Crippen molar-refractivity contribution in [3.8, 4) is 5.75 Å². The highest BCUT2D eigenvalue weighted by Gasteiger charge is 2.17. The fourth-order valence-electron chi connectivity index (χ4n) is 2.24. The lowest BCUT2D eigenvalue weighted by Gasteiger charge is -2.23. The molecule has 0 bridgehead atoms. The third-order valence-electron chi connectivity index (χ3n) is 3.31. The van der Waals surface area contributed by atoms with Crippen LogP contribution in [0.1, 0.15) is 31.9 Å². The molecule has 2 aromatic carbocycles. The summed E-state index contributed by atoms with van der Waals surface area (Å²) in [5, 5.41) is 14.1. The van der Waals surface area contributed by atoms with Crippen LogP contribution in [0.25, 0.3) is 0 Å². The number of nitrogens with one attached hydrogen (secondary N) is 1. The summed E-state index contributed by atoms with van der Waals surface area (Å²) in [6, 6.07) is 11.4. The summed E-state index contributed by atoms with van der Waals surface area (Å²) in [5.41, 5.74) is 2.98. The van der Waals surface area contributed by atoms with E-state index in [1.807, 2.05) is 18.2 Å². The van der Waals surface area contributed by atoms with Gasteiger partial charge in [-0.3, -0.25) is 0 Å². The molecule has 0 aliphatic rings. The van der Waals surface area contributed by atoms with Gasteiger partial charge in [-0.15, -0.1) is 0 Å². The Morgan fingerprint density at radius 3 is 2.43 bits per heavy atom. The van der Waals surface area contributed by atoms with Gasteiger partial charge in [0.2, 0.25) is 0 Å². The van der Waals surface area contributed by atoms with Gasteiger partial charge >= 0.3 is 0 Å². The Hall–Kier alpha value is -1.38. The van der Waals surface area contributed by atoms with Gasteiger partial charge in [0.25, 0.3) is 0 Å². The van der Waals surface area contributed by atoms with E-state index in [0.717, 1.165) is 5.69 Å². The number of para-hydroxylation sites is 1. The van der Waals surface area contributed by atoms with Crippen molar-refractivity contribution < 1.29 is 5.11 Å². The molecule has 21 heavy (non-hydrogen) atoms. The molecule has 0 aliphatic carbocycles. The SMILES string of the molecule is CC(C)(C)c1ccccc1NCc1cc(Cl)cc(Cl)c1O. The van der Waals surface area contributed by atoms with Crippen molar-refractivity contribution >= 4 is 28.9 Å². The van der Waals surface area contributed by atoms with Crippen molar-refractivity contribution in [2.24, 2.45) is 0 Å². The third kappa shape index (κ3) is 3.84. The molecule has 0 saturated heterocycles. The fourth-order valence-corrected chi connectivity index (χ4v) is 2.77. The molecular formula is C17H19Cl2NO. The van der Waals surface area contributed by atoms with Gasteiger partial charge in [-0.1, -0.05) is 62.2 Å². The summed E-state index contributed by atoms with van der Waals surface area (Å²) in [5.74, 6) is 0.0711. The minimum Gasteiger partial charge on any atom is -0.506 e. The Morgan fingerprint density at radius 1 is 1.10 bits per heavy atom. The average molecular weight is 324 g/mol. The zero-order valence-electron chi connectivity index (χ0n) is 12.4. The van der Waals surface area contributed by atoms with Crippen LogP contribution in [-0.4, -0.2) is 5.11 Å². The van der Waals surface area contributed by atoms with E-state index in [1.165, 1.54) is 11.6 Å². The Labute approximate surface area is 135 Å². The zero-order chi connectivity index (χ0) is 15.6. The van der Waals surface area contributed by atoms with Gasteiger partial charge in [0, 0.05) is 22.8 Å². The highest BCUT2D eigenvalue weighted by atomic mass is 35.5. The van der Waals surface area contributed by atoms with Crippen LogP contribution in [0.2, 0.25) is 10.0 Å². The molecule has 2 aromatic rings. The van der Waals surface area contributed by atoms with Crippen LogP contribution in [0.5, 0.6) is 5.75 Å². The largest absolute Gasteiger partial charge is 0.506 e. The molecule has 0 fully saturated rings. The van der Waals surface area contributed by atoms with Crippen molar-refractivity contribution in [1.82, 2.24) is 0 Å². The summed E-state index contributed by atoms with van der Waals surface area (Å²) in [4.78, 5) is 0. The minimum atomic E-state index is 0.0393. The second-order valence-corrected chi connectivity index (χ2v) is 6.89. The summed E-state index contributed by atoms with van der Waals surface area (Å²) < 4.78 is 0. The molecule has 2 N–H and O–H groups in total. The summed E-state index contributed by atoms with van der Waals surface area (Å²) in [7, 11) is 0. The third-order valence-corrected chi connectivity index (χ3v) is 3.82. The number of aromatic hydroxyl groups is 1. The highest BCUT2D eigenvalue weighted by Crippen LogP contribution is 2.33. The maximum absolute atomic E-state index is 10.00. The van der Waals surface area contributed by atoms with E-state index in [0.29, 0.717) is 17.1 Å². The number of hydrogen-bond acceptors (Lipinski definition) is 2. The monoisotopic (exact) mass is 323 g/mol. The molecular weight excluding hydrogens is 305 g/mol. The van der Waals surface area contributed by atoms with Crippen LogP contribution in [-0.2, 0) is 12.0 Å². The molecule has 0 atom stereocenters. The van der Waals surface area contributed by atoms with Crippen LogP contribution >= 0.6 is 23.2 Å². The highest BCUT2D eigenvalue weighted by molar-refractivity contribution is 6.35. The molecule has 0 heterocycles. The Morgan fingerprint density at radius 2 is 1.76 bits per heavy atom. The molecule has 0 unspecified atom stereocenters. The van der Waals surface area contributed by atoms with E-state index in [9.17, 15) is 5.11 Å². The number of hydrogen-bond donors (Lipinski definition) is 2. The predicted molar refractivity (Wildman–Crippen MR) is 90.6 cm³/mol. The maximum Gasteiger partial charge on any atom is 0.139 e. The molecule has 112 valence electrons. The number of phenolic OH excluding ortho intramolecular Hbond substituents is 1. The first-order valence-corrected chi connectivity index (χ1v) is 7.55. The van der Waals surface area contributed by atoms with Crippen LogP contribution in [0.15, 0.2) is 36.4 Å². The molecule has 0 aromatic heterocycles.